The van der Waals surface area contributed by atoms with Crippen LogP contribution in [0.3, 0.4) is 0 Å². The van der Waals surface area contributed by atoms with Gasteiger partial charge in [-0.05, 0) is 32.4 Å². The first-order valence-corrected chi connectivity index (χ1v) is 10.1. The highest BCUT2D eigenvalue weighted by Gasteiger charge is 2.39. The van der Waals surface area contributed by atoms with Crippen LogP contribution in [0.4, 0.5) is 0 Å². The van der Waals surface area contributed by atoms with Crippen LogP contribution >= 0.6 is 0 Å². The molecule has 154 valence electrons. The van der Waals surface area contributed by atoms with Crippen molar-refractivity contribution in [2.45, 2.75) is 38.9 Å². The second-order valence-corrected chi connectivity index (χ2v) is 8.87. The molecular formula is C25H27N3O2. The minimum absolute atomic E-state index is 0.196. The fourth-order valence-electron chi connectivity index (χ4n) is 4.29. The van der Waals surface area contributed by atoms with Crippen molar-refractivity contribution in [2.75, 3.05) is 0 Å². The number of carbonyl (C=O) groups is 2. The van der Waals surface area contributed by atoms with Crippen molar-refractivity contribution in [3.8, 4) is 0 Å². The van der Waals surface area contributed by atoms with Crippen LogP contribution in [-0.4, -0.2) is 26.8 Å². The molecule has 5 heteroatoms. The van der Waals surface area contributed by atoms with Gasteiger partial charge in [0.2, 0.25) is 5.91 Å². The fourth-order valence-corrected chi connectivity index (χ4v) is 4.29. The molecule has 1 N–H and O–H groups in total. The number of aryl methyl sites for hydroxylation is 1. The van der Waals surface area contributed by atoms with E-state index in [4.69, 9.17) is 0 Å². The monoisotopic (exact) mass is 401 g/mol. The molecule has 1 aliphatic rings. The summed E-state index contributed by atoms with van der Waals surface area (Å²) in [5.41, 5.74) is 3.71. The Kier molecular flexibility index (Phi) is 4.77. The summed E-state index contributed by atoms with van der Waals surface area (Å²) in [6.45, 7) is 10.3. The quantitative estimate of drug-likeness (QED) is 0.669. The van der Waals surface area contributed by atoms with Crippen molar-refractivity contribution in [1.82, 2.24) is 14.8 Å². The van der Waals surface area contributed by atoms with E-state index >= 15 is 0 Å². The van der Waals surface area contributed by atoms with Gasteiger partial charge in [0.15, 0.2) is 0 Å². The highest BCUT2D eigenvalue weighted by atomic mass is 16.2. The number of aromatic nitrogens is 1. The molecule has 1 unspecified atom stereocenters. The summed E-state index contributed by atoms with van der Waals surface area (Å²) in [7, 11) is 1.95. The van der Waals surface area contributed by atoms with Crippen molar-refractivity contribution in [1.29, 1.82) is 0 Å². The topological polar surface area (TPSA) is 54.3 Å². The predicted octanol–water partition coefficient (Wildman–Crippen LogP) is 4.19. The van der Waals surface area contributed by atoms with Crippen molar-refractivity contribution >= 4 is 28.3 Å². The van der Waals surface area contributed by atoms with Gasteiger partial charge in [0.1, 0.15) is 6.04 Å². The van der Waals surface area contributed by atoms with Crippen molar-refractivity contribution in [3.05, 3.63) is 78.0 Å². The van der Waals surface area contributed by atoms with Crippen LogP contribution in [0.2, 0.25) is 0 Å². The average molecular weight is 402 g/mol. The first-order chi connectivity index (χ1) is 14.2. The van der Waals surface area contributed by atoms with Gasteiger partial charge < -0.3 is 14.8 Å². The third-order valence-electron chi connectivity index (χ3n) is 5.52. The van der Waals surface area contributed by atoms with E-state index in [0.717, 1.165) is 27.7 Å². The van der Waals surface area contributed by atoms with Crippen LogP contribution in [0, 0.1) is 0 Å². The fraction of sp³-hybridized carbons (Fsp3) is 0.280. The van der Waals surface area contributed by atoms with Crippen LogP contribution in [0.15, 0.2) is 61.2 Å². The summed E-state index contributed by atoms with van der Waals surface area (Å²) in [5.74, 6) is -0.412. The molecule has 1 atom stereocenters. The maximum atomic E-state index is 13.4. The molecule has 2 aromatic carbocycles. The van der Waals surface area contributed by atoms with Gasteiger partial charge in [-0.3, -0.25) is 9.59 Å². The Bertz CT molecular complexity index is 1150. The van der Waals surface area contributed by atoms with E-state index in [9.17, 15) is 9.59 Å². The van der Waals surface area contributed by atoms with Gasteiger partial charge in [0, 0.05) is 35.6 Å². The number of hydrogen-bond acceptors (Lipinski definition) is 2. The molecule has 2 heterocycles. The molecule has 0 fully saturated rings. The first kappa shape index (κ1) is 20.0. The number of carbonyl (C=O) groups excluding carboxylic acids is 2. The van der Waals surface area contributed by atoms with E-state index in [2.05, 4.69) is 18.0 Å². The van der Waals surface area contributed by atoms with Crippen molar-refractivity contribution in [2.24, 2.45) is 7.05 Å². The Balaban J connectivity index is 1.84. The minimum atomic E-state index is -0.734. The SMILES string of the molecule is C=C1C(=O)N(C(C(=O)NC(C)(C)C)c2ccccc2)Cc2c1n(C)c1ccccc21. The number of rotatable bonds is 3. The van der Waals surface area contributed by atoms with Crippen LogP contribution in [0.25, 0.3) is 16.5 Å². The zero-order valence-corrected chi connectivity index (χ0v) is 17.9. The third-order valence-corrected chi connectivity index (χ3v) is 5.52. The van der Waals surface area contributed by atoms with Gasteiger partial charge in [-0.25, -0.2) is 0 Å². The number of benzene rings is 2. The lowest BCUT2D eigenvalue weighted by Gasteiger charge is -2.36. The molecule has 3 aromatic rings. The number of fused-ring (bicyclic) bond motifs is 3. The molecular weight excluding hydrogens is 374 g/mol. The molecule has 2 amide bonds. The normalized spacial score (nSPS) is 15.3. The van der Waals surface area contributed by atoms with Gasteiger partial charge in [0.25, 0.3) is 5.91 Å². The second-order valence-electron chi connectivity index (χ2n) is 8.87. The average Bonchev–Trinajstić information content (AvgIpc) is 2.98. The van der Waals surface area contributed by atoms with Crippen molar-refractivity contribution < 1.29 is 9.59 Å². The van der Waals surface area contributed by atoms with Crippen LogP contribution in [-0.2, 0) is 23.2 Å². The molecule has 0 radical (unpaired) electrons. The molecule has 0 spiro atoms. The standard InChI is InChI=1S/C25H27N3O2/c1-16-21-19(18-13-9-10-14-20(18)27(21)5)15-28(24(16)30)22(17-11-7-6-8-12-17)23(29)26-25(2,3)4/h6-14,22H,1,15H2,2-5H3,(H,26,29). The molecule has 0 saturated carbocycles. The van der Waals surface area contributed by atoms with Crippen molar-refractivity contribution in [3.63, 3.8) is 0 Å². The lowest BCUT2D eigenvalue weighted by atomic mass is 9.95. The lowest BCUT2D eigenvalue weighted by molar-refractivity contribution is -0.138. The third kappa shape index (κ3) is 3.30. The Morgan fingerprint density at radius 1 is 1.07 bits per heavy atom. The molecule has 4 rings (SSSR count). The molecule has 0 saturated heterocycles. The van der Waals surface area contributed by atoms with Crippen LogP contribution < -0.4 is 5.32 Å². The van der Waals surface area contributed by atoms with Crippen LogP contribution in [0.5, 0.6) is 0 Å². The van der Waals surface area contributed by atoms with E-state index in [1.807, 2.05) is 80.9 Å². The van der Waals surface area contributed by atoms with E-state index in [1.165, 1.54) is 0 Å². The Morgan fingerprint density at radius 3 is 2.37 bits per heavy atom. The summed E-state index contributed by atoms with van der Waals surface area (Å²) < 4.78 is 2.02. The maximum absolute atomic E-state index is 13.4. The number of nitrogens with one attached hydrogen (secondary N) is 1. The first-order valence-electron chi connectivity index (χ1n) is 10.1. The largest absolute Gasteiger partial charge is 0.349 e. The van der Waals surface area contributed by atoms with Gasteiger partial charge in [-0.1, -0.05) is 55.1 Å². The van der Waals surface area contributed by atoms with E-state index < -0.39 is 11.6 Å². The summed E-state index contributed by atoms with van der Waals surface area (Å²) >= 11 is 0. The van der Waals surface area contributed by atoms with E-state index in [0.29, 0.717) is 12.1 Å². The van der Waals surface area contributed by atoms with Gasteiger partial charge in [-0.15, -0.1) is 0 Å². The summed E-state index contributed by atoms with van der Waals surface area (Å²) in [6, 6.07) is 16.8. The molecule has 1 aromatic heterocycles. The minimum Gasteiger partial charge on any atom is -0.349 e. The Labute approximate surface area is 177 Å². The second kappa shape index (κ2) is 7.17. The number of nitrogens with zero attached hydrogens (tertiary/aromatic N) is 2. The molecule has 5 nitrogen and oxygen atoms in total. The number of para-hydroxylation sites is 1. The highest BCUT2D eigenvalue weighted by molar-refractivity contribution is 6.22. The number of hydrogen-bond donors (Lipinski definition) is 1. The van der Waals surface area contributed by atoms with Crippen LogP contribution in [0.1, 0.15) is 43.6 Å². The smallest absolute Gasteiger partial charge is 0.256 e. The molecule has 1 aliphatic heterocycles. The van der Waals surface area contributed by atoms with Gasteiger partial charge in [-0.2, -0.15) is 0 Å². The summed E-state index contributed by atoms with van der Waals surface area (Å²) in [4.78, 5) is 28.4. The van der Waals surface area contributed by atoms with Gasteiger partial charge >= 0.3 is 0 Å². The zero-order valence-electron chi connectivity index (χ0n) is 17.9. The summed E-state index contributed by atoms with van der Waals surface area (Å²) in [5, 5.41) is 4.13. The van der Waals surface area contributed by atoms with Gasteiger partial charge in [0.05, 0.1) is 11.3 Å². The highest BCUT2D eigenvalue weighted by Crippen LogP contribution is 2.38. The predicted molar refractivity (Wildman–Crippen MR) is 120 cm³/mol. The van der Waals surface area contributed by atoms with E-state index in [-0.39, 0.29) is 11.8 Å². The zero-order chi connectivity index (χ0) is 21.6. The molecule has 0 bridgehead atoms. The molecule has 0 aliphatic carbocycles. The Hall–Kier alpha value is -3.34. The molecule has 30 heavy (non-hydrogen) atoms. The maximum Gasteiger partial charge on any atom is 0.256 e. The Morgan fingerprint density at radius 2 is 1.70 bits per heavy atom. The summed E-state index contributed by atoms with van der Waals surface area (Å²) in [6.07, 6.45) is 0. The number of amides is 2. The lowest BCUT2D eigenvalue weighted by Crippen LogP contribution is -2.50. The van der Waals surface area contributed by atoms with E-state index in [1.54, 1.807) is 4.90 Å².